The van der Waals surface area contributed by atoms with Gasteiger partial charge in [0.2, 0.25) is 0 Å². The van der Waals surface area contributed by atoms with Gasteiger partial charge in [0.25, 0.3) is 5.91 Å². The Kier molecular flexibility index (Phi) is 3.35. The Balaban J connectivity index is 2.09. The van der Waals surface area contributed by atoms with Crippen LogP contribution in [-0.2, 0) is 0 Å². The minimum Gasteiger partial charge on any atom is -0.507 e. The maximum Gasteiger partial charge on any atom is 0.253 e. The molecule has 2 aromatic carbocycles. The normalized spacial score (nSPS) is 10.8. The zero-order chi connectivity index (χ0) is 15.0. The Bertz CT molecular complexity index is 824. The predicted molar refractivity (Wildman–Crippen MR) is 84.7 cm³/mol. The van der Waals surface area contributed by atoms with Gasteiger partial charge in [-0.2, -0.15) is 0 Å². The molecular formula is C16H14N2O2S. The molecule has 4 nitrogen and oxygen atoms in total. The molecule has 21 heavy (non-hydrogen) atoms. The van der Waals surface area contributed by atoms with E-state index in [0.717, 1.165) is 15.2 Å². The van der Waals surface area contributed by atoms with E-state index >= 15 is 0 Å². The summed E-state index contributed by atoms with van der Waals surface area (Å²) < 4.78 is 0.931. The molecule has 106 valence electrons. The van der Waals surface area contributed by atoms with Crippen LogP contribution in [-0.4, -0.2) is 35.0 Å². The fourth-order valence-electron chi connectivity index (χ4n) is 2.09. The maximum absolute atomic E-state index is 12.0. The van der Waals surface area contributed by atoms with Gasteiger partial charge >= 0.3 is 0 Å². The molecule has 3 aromatic rings. The Morgan fingerprint density at radius 1 is 1.19 bits per heavy atom. The first-order valence-corrected chi connectivity index (χ1v) is 7.28. The summed E-state index contributed by atoms with van der Waals surface area (Å²) >= 11 is 1.47. The van der Waals surface area contributed by atoms with Gasteiger partial charge in [0.1, 0.15) is 10.8 Å². The van der Waals surface area contributed by atoms with E-state index in [0.29, 0.717) is 11.1 Å². The van der Waals surface area contributed by atoms with Crippen LogP contribution < -0.4 is 0 Å². The van der Waals surface area contributed by atoms with Crippen molar-refractivity contribution in [2.45, 2.75) is 0 Å². The van der Waals surface area contributed by atoms with Crippen LogP contribution in [0.1, 0.15) is 10.4 Å². The number of phenolic OH excluding ortho intramolecular Hbond substituents is 1. The number of rotatable bonds is 2. The second kappa shape index (κ2) is 5.18. The molecule has 0 atom stereocenters. The van der Waals surface area contributed by atoms with Crippen LogP contribution in [0.2, 0.25) is 0 Å². The summed E-state index contributed by atoms with van der Waals surface area (Å²) in [5.74, 6) is 0.176. The molecule has 0 saturated carbocycles. The first kappa shape index (κ1) is 13.6. The molecule has 0 spiro atoms. The highest BCUT2D eigenvalue weighted by atomic mass is 32.1. The highest BCUT2D eigenvalue weighted by Gasteiger charge is 2.13. The number of nitrogens with zero attached hydrogens (tertiary/aromatic N) is 2. The van der Waals surface area contributed by atoms with Gasteiger partial charge in [-0.25, -0.2) is 4.98 Å². The molecule has 1 N–H and O–H groups in total. The van der Waals surface area contributed by atoms with Crippen molar-refractivity contribution in [1.82, 2.24) is 9.88 Å². The summed E-state index contributed by atoms with van der Waals surface area (Å²) in [4.78, 5) is 18.1. The number of hydrogen-bond donors (Lipinski definition) is 1. The molecule has 5 heteroatoms. The molecule has 0 aliphatic carbocycles. The highest BCUT2D eigenvalue weighted by Crippen LogP contribution is 2.35. The van der Waals surface area contributed by atoms with Gasteiger partial charge in [0, 0.05) is 19.7 Å². The van der Waals surface area contributed by atoms with Crippen molar-refractivity contribution in [2.24, 2.45) is 0 Å². The third-order valence-corrected chi connectivity index (χ3v) is 4.23. The first-order chi connectivity index (χ1) is 10.1. The topological polar surface area (TPSA) is 53.4 Å². The minimum atomic E-state index is -0.0330. The molecular weight excluding hydrogens is 284 g/mol. The predicted octanol–water partition coefficient (Wildman–Crippen LogP) is 3.37. The smallest absolute Gasteiger partial charge is 0.253 e. The van der Waals surface area contributed by atoms with Gasteiger partial charge in [-0.15, -0.1) is 11.3 Å². The van der Waals surface area contributed by atoms with E-state index in [1.807, 2.05) is 24.3 Å². The van der Waals surface area contributed by atoms with Gasteiger partial charge in [-0.1, -0.05) is 12.1 Å². The SMILES string of the molecule is CN(C)C(=O)c1ccc2nc(-c3ccccc3O)sc2c1. The number of aromatic hydroxyl groups is 1. The van der Waals surface area contributed by atoms with Crippen molar-refractivity contribution < 1.29 is 9.90 Å². The molecule has 0 fully saturated rings. The number of para-hydroxylation sites is 1. The van der Waals surface area contributed by atoms with Gasteiger partial charge < -0.3 is 10.0 Å². The summed E-state index contributed by atoms with van der Waals surface area (Å²) in [5.41, 5.74) is 2.17. The standard InChI is InChI=1S/C16H14N2O2S/c1-18(2)16(20)10-7-8-12-14(9-10)21-15(17-12)11-5-3-4-6-13(11)19/h3-9,19H,1-2H3. The van der Waals surface area contributed by atoms with Gasteiger partial charge in [-0.3, -0.25) is 4.79 Å². The van der Waals surface area contributed by atoms with Gasteiger partial charge in [0.15, 0.2) is 0 Å². The van der Waals surface area contributed by atoms with E-state index in [-0.39, 0.29) is 11.7 Å². The van der Waals surface area contributed by atoms with Crippen LogP contribution in [0.4, 0.5) is 0 Å². The molecule has 0 saturated heterocycles. The molecule has 1 heterocycles. The monoisotopic (exact) mass is 298 g/mol. The third kappa shape index (κ3) is 2.48. The first-order valence-electron chi connectivity index (χ1n) is 6.47. The fraction of sp³-hybridized carbons (Fsp3) is 0.125. The van der Waals surface area contributed by atoms with Crippen molar-refractivity contribution in [2.75, 3.05) is 14.1 Å². The van der Waals surface area contributed by atoms with Crippen LogP contribution in [0.5, 0.6) is 5.75 Å². The third-order valence-electron chi connectivity index (χ3n) is 3.18. The molecule has 0 bridgehead atoms. The summed E-state index contributed by atoms with van der Waals surface area (Å²) in [7, 11) is 3.46. The maximum atomic E-state index is 12.0. The lowest BCUT2D eigenvalue weighted by atomic mass is 10.2. The fourth-order valence-corrected chi connectivity index (χ4v) is 3.12. The van der Waals surface area contributed by atoms with Crippen molar-refractivity contribution in [3.05, 3.63) is 48.0 Å². The number of amides is 1. The molecule has 0 aliphatic heterocycles. The summed E-state index contributed by atoms with van der Waals surface area (Å²) in [6.07, 6.45) is 0. The van der Waals surface area contributed by atoms with E-state index in [4.69, 9.17) is 0 Å². The van der Waals surface area contributed by atoms with Crippen molar-refractivity contribution >= 4 is 27.5 Å². The zero-order valence-electron chi connectivity index (χ0n) is 11.7. The largest absolute Gasteiger partial charge is 0.507 e. The zero-order valence-corrected chi connectivity index (χ0v) is 12.5. The lowest BCUT2D eigenvalue weighted by Gasteiger charge is -2.09. The van der Waals surface area contributed by atoms with Crippen LogP contribution in [0.3, 0.4) is 0 Å². The van der Waals surface area contributed by atoms with Crippen LogP contribution >= 0.6 is 11.3 Å². The average Bonchev–Trinajstić information content (AvgIpc) is 2.89. The molecule has 0 unspecified atom stereocenters. The van der Waals surface area contributed by atoms with Crippen LogP contribution in [0.15, 0.2) is 42.5 Å². The second-order valence-corrected chi connectivity index (χ2v) is 5.95. The van der Waals surface area contributed by atoms with Crippen molar-refractivity contribution in [1.29, 1.82) is 0 Å². The van der Waals surface area contributed by atoms with E-state index in [1.54, 1.807) is 37.2 Å². The van der Waals surface area contributed by atoms with E-state index in [1.165, 1.54) is 11.3 Å². The van der Waals surface area contributed by atoms with E-state index in [2.05, 4.69) is 4.98 Å². The van der Waals surface area contributed by atoms with Crippen LogP contribution in [0, 0.1) is 0 Å². The van der Waals surface area contributed by atoms with E-state index in [9.17, 15) is 9.90 Å². The lowest BCUT2D eigenvalue weighted by molar-refractivity contribution is 0.0828. The second-order valence-electron chi connectivity index (χ2n) is 4.92. The molecule has 0 aliphatic rings. The van der Waals surface area contributed by atoms with Crippen molar-refractivity contribution in [3.63, 3.8) is 0 Å². The molecule has 1 aromatic heterocycles. The van der Waals surface area contributed by atoms with E-state index < -0.39 is 0 Å². The quantitative estimate of drug-likeness (QED) is 0.789. The summed E-state index contributed by atoms with van der Waals surface area (Å²) in [5, 5.41) is 10.7. The Morgan fingerprint density at radius 2 is 1.95 bits per heavy atom. The number of phenols is 1. The summed E-state index contributed by atoms with van der Waals surface area (Å²) in [6.45, 7) is 0. The number of carbonyl (C=O) groups is 1. The lowest BCUT2D eigenvalue weighted by Crippen LogP contribution is -2.21. The highest BCUT2D eigenvalue weighted by molar-refractivity contribution is 7.21. The van der Waals surface area contributed by atoms with Crippen LogP contribution in [0.25, 0.3) is 20.8 Å². The molecule has 0 radical (unpaired) electrons. The number of thiazole rings is 1. The van der Waals surface area contributed by atoms with Crippen molar-refractivity contribution in [3.8, 4) is 16.3 Å². The number of fused-ring (bicyclic) bond motifs is 1. The Labute approximate surface area is 126 Å². The molecule has 1 amide bonds. The Hall–Kier alpha value is -2.40. The van der Waals surface area contributed by atoms with Gasteiger partial charge in [-0.05, 0) is 30.3 Å². The number of aromatic nitrogens is 1. The minimum absolute atomic E-state index is 0.0330. The summed E-state index contributed by atoms with van der Waals surface area (Å²) in [6, 6.07) is 12.6. The number of hydrogen-bond acceptors (Lipinski definition) is 4. The number of carbonyl (C=O) groups excluding carboxylic acids is 1. The Morgan fingerprint density at radius 3 is 2.67 bits per heavy atom. The molecule has 3 rings (SSSR count). The van der Waals surface area contributed by atoms with Gasteiger partial charge in [0.05, 0.1) is 15.8 Å². The average molecular weight is 298 g/mol. The number of benzene rings is 2.